The first-order chi connectivity index (χ1) is 8.08. The van der Waals surface area contributed by atoms with Crippen molar-refractivity contribution in [1.82, 2.24) is 0 Å². The Hall–Kier alpha value is -1.71. The SMILES string of the molecule is CC.CCC.Cc1cccc(C=O)c1[N+](=O)[O-]. The Morgan fingerprint density at radius 1 is 1.29 bits per heavy atom. The first-order valence-corrected chi connectivity index (χ1v) is 5.77. The van der Waals surface area contributed by atoms with Crippen molar-refractivity contribution in [3.8, 4) is 0 Å². The summed E-state index contributed by atoms with van der Waals surface area (Å²) in [6.45, 7) is 9.85. The molecule has 0 amide bonds. The van der Waals surface area contributed by atoms with Crippen molar-refractivity contribution in [2.75, 3.05) is 0 Å². The number of hydrogen-bond donors (Lipinski definition) is 0. The van der Waals surface area contributed by atoms with Gasteiger partial charge in [0.1, 0.15) is 0 Å². The molecular formula is C13H21NO3. The molecule has 0 N–H and O–H groups in total. The van der Waals surface area contributed by atoms with Gasteiger partial charge in [-0.05, 0) is 13.0 Å². The van der Waals surface area contributed by atoms with E-state index in [9.17, 15) is 14.9 Å². The fourth-order valence-electron chi connectivity index (χ4n) is 1.03. The number of nitrogens with zero attached hydrogens (tertiary/aromatic N) is 1. The number of benzene rings is 1. The Balaban J connectivity index is 0. The summed E-state index contributed by atoms with van der Waals surface area (Å²) in [4.78, 5) is 20.3. The van der Waals surface area contributed by atoms with Gasteiger partial charge in [0, 0.05) is 5.56 Å². The maximum Gasteiger partial charge on any atom is 0.282 e. The minimum atomic E-state index is -0.543. The van der Waals surface area contributed by atoms with Crippen LogP contribution in [0.5, 0.6) is 0 Å². The van der Waals surface area contributed by atoms with E-state index in [4.69, 9.17) is 0 Å². The zero-order chi connectivity index (χ0) is 13.8. The van der Waals surface area contributed by atoms with E-state index in [2.05, 4.69) is 13.8 Å². The predicted molar refractivity (Wildman–Crippen MR) is 70.5 cm³/mol. The van der Waals surface area contributed by atoms with Crippen LogP contribution in [-0.4, -0.2) is 11.2 Å². The average molecular weight is 239 g/mol. The van der Waals surface area contributed by atoms with Crippen molar-refractivity contribution in [2.45, 2.75) is 41.0 Å². The summed E-state index contributed by atoms with van der Waals surface area (Å²) in [5.41, 5.74) is 0.525. The molecule has 0 fully saturated rings. The molecule has 0 radical (unpaired) electrons. The summed E-state index contributed by atoms with van der Waals surface area (Å²) in [5, 5.41) is 10.4. The van der Waals surface area contributed by atoms with Crippen LogP contribution >= 0.6 is 0 Å². The molecule has 4 nitrogen and oxygen atoms in total. The van der Waals surface area contributed by atoms with Crippen molar-refractivity contribution >= 4 is 12.0 Å². The highest BCUT2D eigenvalue weighted by molar-refractivity contribution is 5.82. The average Bonchev–Trinajstić information content (AvgIpc) is 2.31. The molecule has 1 aromatic carbocycles. The number of carbonyl (C=O) groups is 1. The van der Waals surface area contributed by atoms with Crippen LogP contribution in [0.1, 0.15) is 50.0 Å². The summed E-state index contributed by atoms with van der Waals surface area (Å²) in [6.07, 6.45) is 1.74. The summed E-state index contributed by atoms with van der Waals surface area (Å²) in [5.74, 6) is 0. The van der Waals surface area contributed by atoms with Crippen LogP contribution in [0.2, 0.25) is 0 Å². The van der Waals surface area contributed by atoms with E-state index < -0.39 is 4.92 Å². The quantitative estimate of drug-likeness (QED) is 0.442. The number of para-hydroxylation sites is 1. The second-order valence-electron chi connectivity index (χ2n) is 3.09. The van der Waals surface area contributed by atoms with E-state index in [0.29, 0.717) is 11.8 Å². The third-order valence-corrected chi connectivity index (χ3v) is 1.58. The van der Waals surface area contributed by atoms with Gasteiger partial charge >= 0.3 is 0 Å². The lowest BCUT2D eigenvalue weighted by molar-refractivity contribution is -0.385. The van der Waals surface area contributed by atoms with E-state index in [1.807, 2.05) is 13.8 Å². The molecule has 0 saturated heterocycles. The molecule has 96 valence electrons. The number of carbonyl (C=O) groups excluding carboxylic acids is 1. The molecule has 4 heteroatoms. The summed E-state index contributed by atoms with van der Waals surface area (Å²) in [6, 6.07) is 4.65. The maximum atomic E-state index is 10.4. The molecule has 0 aliphatic heterocycles. The van der Waals surface area contributed by atoms with Gasteiger partial charge in [-0.2, -0.15) is 0 Å². The first-order valence-electron chi connectivity index (χ1n) is 5.77. The molecule has 0 aliphatic carbocycles. The molecule has 0 spiro atoms. The zero-order valence-corrected chi connectivity index (χ0v) is 11.2. The Morgan fingerprint density at radius 3 is 2.06 bits per heavy atom. The molecule has 0 aliphatic rings. The van der Waals surface area contributed by atoms with Crippen LogP contribution < -0.4 is 0 Å². The van der Waals surface area contributed by atoms with Crippen molar-refractivity contribution in [3.05, 3.63) is 39.4 Å². The molecule has 0 unspecified atom stereocenters. The third kappa shape index (κ3) is 6.45. The molecule has 0 atom stereocenters. The van der Waals surface area contributed by atoms with Crippen molar-refractivity contribution in [3.63, 3.8) is 0 Å². The van der Waals surface area contributed by atoms with Crippen molar-refractivity contribution < 1.29 is 9.72 Å². The second kappa shape index (κ2) is 10.8. The van der Waals surface area contributed by atoms with Crippen LogP contribution in [0.3, 0.4) is 0 Å². The Bertz CT molecular complexity index is 349. The minimum absolute atomic E-state index is 0.104. The number of nitro groups is 1. The van der Waals surface area contributed by atoms with Crippen LogP contribution in [0.15, 0.2) is 18.2 Å². The van der Waals surface area contributed by atoms with Gasteiger partial charge in [-0.1, -0.05) is 46.2 Å². The van der Waals surface area contributed by atoms with Gasteiger partial charge in [0.15, 0.2) is 6.29 Å². The van der Waals surface area contributed by atoms with Gasteiger partial charge in [0.05, 0.1) is 10.5 Å². The standard InChI is InChI=1S/C8H7NO3.C3H8.C2H6/c1-6-3-2-4-7(5-10)8(6)9(11)12;1-3-2;1-2/h2-5H,1H3;3H2,1-2H3;1-2H3. The molecular weight excluding hydrogens is 218 g/mol. The van der Waals surface area contributed by atoms with Gasteiger partial charge in [-0.3, -0.25) is 14.9 Å². The Labute approximate surface area is 103 Å². The topological polar surface area (TPSA) is 60.2 Å². The second-order valence-corrected chi connectivity index (χ2v) is 3.09. The lowest BCUT2D eigenvalue weighted by atomic mass is 10.1. The van der Waals surface area contributed by atoms with Gasteiger partial charge in [-0.25, -0.2) is 0 Å². The lowest BCUT2D eigenvalue weighted by Crippen LogP contribution is -1.96. The largest absolute Gasteiger partial charge is 0.298 e. The van der Waals surface area contributed by atoms with Crippen LogP contribution in [0.25, 0.3) is 0 Å². The predicted octanol–water partition coefficient (Wildman–Crippen LogP) is 4.16. The Kier molecular flexibility index (Phi) is 11.2. The Morgan fingerprint density at radius 2 is 1.76 bits per heavy atom. The fourth-order valence-corrected chi connectivity index (χ4v) is 1.03. The molecule has 1 aromatic rings. The lowest BCUT2D eigenvalue weighted by Gasteiger charge is -1.97. The van der Waals surface area contributed by atoms with Crippen molar-refractivity contribution in [1.29, 1.82) is 0 Å². The summed E-state index contributed by atoms with van der Waals surface area (Å²) >= 11 is 0. The van der Waals surface area contributed by atoms with E-state index in [-0.39, 0.29) is 11.3 Å². The van der Waals surface area contributed by atoms with Gasteiger partial charge in [0.2, 0.25) is 0 Å². The maximum absolute atomic E-state index is 10.4. The van der Waals surface area contributed by atoms with E-state index >= 15 is 0 Å². The summed E-state index contributed by atoms with van der Waals surface area (Å²) < 4.78 is 0. The molecule has 0 heterocycles. The fraction of sp³-hybridized carbons (Fsp3) is 0.462. The van der Waals surface area contributed by atoms with Gasteiger partial charge < -0.3 is 0 Å². The zero-order valence-electron chi connectivity index (χ0n) is 11.2. The van der Waals surface area contributed by atoms with Crippen LogP contribution in [0, 0.1) is 17.0 Å². The number of aryl methyl sites for hydroxylation is 1. The van der Waals surface area contributed by atoms with Crippen molar-refractivity contribution in [2.24, 2.45) is 0 Å². The molecule has 1 rings (SSSR count). The van der Waals surface area contributed by atoms with E-state index in [1.165, 1.54) is 12.5 Å². The third-order valence-electron chi connectivity index (χ3n) is 1.58. The highest BCUT2D eigenvalue weighted by Gasteiger charge is 2.15. The number of nitro benzene ring substituents is 1. The normalized spacial score (nSPS) is 8.06. The number of aldehydes is 1. The van der Waals surface area contributed by atoms with Gasteiger partial charge in [0.25, 0.3) is 5.69 Å². The molecule has 0 aromatic heterocycles. The smallest absolute Gasteiger partial charge is 0.282 e. The van der Waals surface area contributed by atoms with E-state index in [0.717, 1.165) is 0 Å². The first kappa shape index (κ1) is 17.7. The molecule has 0 saturated carbocycles. The number of hydrogen-bond acceptors (Lipinski definition) is 3. The minimum Gasteiger partial charge on any atom is -0.298 e. The number of rotatable bonds is 2. The highest BCUT2D eigenvalue weighted by atomic mass is 16.6. The molecule has 0 bridgehead atoms. The highest BCUT2D eigenvalue weighted by Crippen LogP contribution is 2.20. The van der Waals surface area contributed by atoms with E-state index in [1.54, 1.807) is 19.1 Å². The summed E-state index contributed by atoms with van der Waals surface area (Å²) in [7, 11) is 0. The molecule has 17 heavy (non-hydrogen) atoms. The van der Waals surface area contributed by atoms with Crippen LogP contribution in [0.4, 0.5) is 5.69 Å². The monoisotopic (exact) mass is 239 g/mol. The van der Waals surface area contributed by atoms with Gasteiger partial charge in [-0.15, -0.1) is 0 Å². The van der Waals surface area contributed by atoms with Crippen LogP contribution in [-0.2, 0) is 0 Å².